The molecule has 2 saturated heterocycles. The largest absolute Gasteiger partial charge is 0.341 e. The highest BCUT2D eigenvalue weighted by atomic mass is 35.5. The van der Waals surface area contributed by atoms with Gasteiger partial charge in [-0.1, -0.05) is 18.2 Å². The van der Waals surface area contributed by atoms with Crippen LogP contribution in [0.3, 0.4) is 0 Å². The Bertz CT molecular complexity index is 497. The first kappa shape index (κ1) is 17.2. The molecule has 0 bridgehead atoms. The van der Waals surface area contributed by atoms with Crippen LogP contribution in [0.4, 0.5) is 4.39 Å². The Morgan fingerprint density at radius 2 is 1.95 bits per heavy atom. The third-order valence-electron chi connectivity index (χ3n) is 4.75. The number of piperidine rings is 1. The van der Waals surface area contributed by atoms with Crippen LogP contribution >= 0.6 is 12.4 Å². The Balaban J connectivity index is 0.00000176. The van der Waals surface area contributed by atoms with Crippen LogP contribution in [-0.4, -0.2) is 36.5 Å². The Kier molecular flexibility index (Phi) is 6.21. The lowest BCUT2D eigenvalue weighted by atomic mass is 9.89. The zero-order chi connectivity index (χ0) is 14.7. The highest BCUT2D eigenvalue weighted by molar-refractivity contribution is 5.85. The van der Waals surface area contributed by atoms with Crippen LogP contribution in [-0.2, 0) is 11.2 Å². The number of nitrogens with one attached hydrogen (secondary N) is 1. The van der Waals surface area contributed by atoms with Gasteiger partial charge in [0.15, 0.2) is 0 Å². The number of hydrogen-bond donors (Lipinski definition) is 1. The van der Waals surface area contributed by atoms with Crippen molar-refractivity contribution in [2.75, 3.05) is 19.6 Å². The molecule has 1 aromatic rings. The summed E-state index contributed by atoms with van der Waals surface area (Å²) in [6.07, 6.45) is 4.81. The number of halogens is 2. The lowest BCUT2D eigenvalue weighted by Gasteiger charge is -2.33. The van der Waals surface area contributed by atoms with Crippen LogP contribution in [0.15, 0.2) is 24.3 Å². The van der Waals surface area contributed by atoms with E-state index in [4.69, 9.17) is 0 Å². The van der Waals surface area contributed by atoms with Crippen molar-refractivity contribution in [1.29, 1.82) is 0 Å². The van der Waals surface area contributed by atoms with Crippen molar-refractivity contribution in [2.45, 2.75) is 38.1 Å². The van der Waals surface area contributed by atoms with Crippen LogP contribution in [0.5, 0.6) is 0 Å². The van der Waals surface area contributed by atoms with Crippen molar-refractivity contribution >= 4 is 18.3 Å². The smallest absolute Gasteiger partial charge is 0.239 e. The van der Waals surface area contributed by atoms with Crippen LogP contribution in [0.1, 0.15) is 31.2 Å². The summed E-state index contributed by atoms with van der Waals surface area (Å²) in [5.74, 6) is 0.644. The zero-order valence-corrected chi connectivity index (χ0v) is 13.6. The van der Waals surface area contributed by atoms with Gasteiger partial charge in [-0.2, -0.15) is 0 Å². The first-order chi connectivity index (χ1) is 10.2. The fourth-order valence-electron chi connectivity index (χ4n) is 3.45. The minimum Gasteiger partial charge on any atom is -0.341 e. The molecule has 2 aliphatic rings. The van der Waals surface area contributed by atoms with Crippen molar-refractivity contribution in [3.8, 4) is 0 Å². The molecular formula is C17H24ClFN2O. The summed E-state index contributed by atoms with van der Waals surface area (Å²) in [4.78, 5) is 14.3. The Hall–Kier alpha value is -1.13. The van der Waals surface area contributed by atoms with Gasteiger partial charge in [-0.3, -0.25) is 4.79 Å². The predicted octanol–water partition coefficient (Wildman–Crippen LogP) is 2.78. The SMILES string of the molecule is Cl.O=C(C1CCCN1)N1CCC(Cc2ccccc2F)CC1. The fraction of sp³-hybridized carbons (Fsp3) is 0.588. The molecule has 1 amide bonds. The van der Waals surface area contributed by atoms with Gasteiger partial charge in [0.1, 0.15) is 5.82 Å². The molecule has 0 spiro atoms. The minimum atomic E-state index is -0.105. The van der Waals surface area contributed by atoms with E-state index >= 15 is 0 Å². The number of carbonyl (C=O) groups is 1. The molecule has 22 heavy (non-hydrogen) atoms. The average molecular weight is 327 g/mol. The molecule has 0 aromatic heterocycles. The molecule has 0 saturated carbocycles. The molecule has 1 atom stereocenters. The highest BCUT2D eigenvalue weighted by Crippen LogP contribution is 2.24. The van der Waals surface area contributed by atoms with Gasteiger partial charge >= 0.3 is 0 Å². The van der Waals surface area contributed by atoms with Crippen LogP contribution in [0, 0.1) is 11.7 Å². The summed E-state index contributed by atoms with van der Waals surface area (Å²) >= 11 is 0. The quantitative estimate of drug-likeness (QED) is 0.926. The van der Waals surface area contributed by atoms with E-state index in [1.54, 1.807) is 6.07 Å². The summed E-state index contributed by atoms with van der Waals surface area (Å²) in [5.41, 5.74) is 0.805. The van der Waals surface area contributed by atoms with Crippen molar-refractivity contribution < 1.29 is 9.18 Å². The van der Waals surface area contributed by atoms with E-state index in [-0.39, 0.29) is 30.2 Å². The number of amides is 1. The number of carbonyl (C=O) groups excluding carboxylic acids is 1. The van der Waals surface area contributed by atoms with Crippen LogP contribution in [0.2, 0.25) is 0 Å². The maximum absolute atomic E-state index is 13.7. The third kappa shape index (κ3) is 3.99. The number of nitrogens with zero attached hydrogens (tertiary/aromatic N) is 1. The standard InChI is InChI=1S/C17H23FN2O.ClH/c18-15-5-2-1-4-14(15)12-13-7-10-20(11-8-13)17(21)16-6-3-9-19-16;/h1-2,4-5,13,16,19H,3,6-12H2;1H. The van der Waals surface area contributed by atoms with Gasteiger partial charge in [-0.05, 0) is 56.2 Å². The second kappa shape index (κ2) is 7.93. The molecule has 3 nitrogen and oxygen atoms in total. The maximum atomic E-state index is 13.7. The van der Waals surface area contributed by atoms with Gasteiger partial charge in [0.2, 0.25) is 5.91 Å². The molecule has 0 aliphatic carbocycles. The lowest BCUT2D eigenvalue weighted by Crippen LogP contribution is -2.47. The number of benzene rings is 1. The summed E-state index contributed by atoms with van der Waals surface area (Å²) in [7, 11) is 0. The molecule has 122 valence electrons. The summed E-state index contributed by atoms with van der Waals surface area (Å²) in [5, 5.41) is 3.27. The molecule has 5 heteroatoms. The molecule has 2 fully saturated rings. The number of hydrogen-bond acceptors (Lipinski definition) is 2. The van der Waals surface area contributed by atoms with E-state index in [1.165, 1.54) is 6.07 Å². The molecule has 2 aliphatic heterocycles. The first-order valence-corrected chi connectivity index (χ1v) is 7.99. The van der Waals surface area contributed by atoms with E-state index < -0.39 is 0 Å². The lowest BCUT2D eigenvalue weighted by molar-refractivity contribution is -0.134. The molecule has 2 heterocycles. The second-order valence-electron chi connectivity index (χ2n) is 6.21. The molecule has 1 unspecified atom stereocenters. The Morgan fingerprint density at radius 1 is 1.23 bits per heavy atom. The Labute approximate surface area is 137 Å². The monoisotopic (exact) mass is 326 g/mol. The molecule has 1 aromatic carbocycles. The average Bonchev–Trinajstić information content (AvgIpc) is 3.04. The van der Waals surface area contributed by atoms with E-state index in [1.807, 2.05) is 17.0 Å². The van der Waals surface area contributed by atoms with E-state index in [9.17, 15) is 9.18 Å². The molecule has 0 radical (unpaired) electrons. The van der Waals surface area contributed by atoms with Crippen molar-refractivity contribution in [3.63, 3.8) is 0 Å². The third-order valence-corrected chi connectivity index (χ3v) is 4.75. The zero-order valence-electron chi connectivity index (χ0n) is 12.8. The van der Waals surface area contributed by atoms with Gasteiger partial charge in [0.05, 0.1) is 6.04 Å². The summed E-state index contributed by atoms with van der Waals surface area (Å²) in [6.45, 7) is 2.59. The van der Waals surface area contributed by atoms with E-state index in [0.29, 0.717) is 5.92 Å². The fourth-order valence-corrected chi connectivity index (χ4v) is 3.45. The predicted molar refractivity (Wildman–Crippen MR) is 87.7 cm³/mol. The molecule has 3 rings (SSSR count). The van der Waals surface area contributed by atoms with Gasteiger partial charge in [-0.15, -0.1) is 12.4 Å². The number of rotatable bonds is 3. The first-order valence-electron chi connectivity index (χ1n) is 7.99. The van der Waals surface area contributed by atoms with Gasteiger partial charge < -0.3 is 10.2 Å². The number of likely N-dealkylation sites (tertiary alicyclic amines) is 1. The Morgan fingerprint density at radius 3 is 2.59 bits per heavy atom. The van der Waals surface area contributed by atoms with E-state index in [0.717, 1.165) is 57.3 Å². The van der Waals surface area contributed by atoms with Gasteiger partial charge in [-0.25, -0.2) is 4.39 Å². The second-order valence-corrected chi connectivity index (χ2v) is 6.21. The normalized spacial score (nSPS) is 22.4. The summed E-state index contributed by atoms with van der Waals surface area (Å²) in [6, 6.07) is 7.06. The van der Waals surface area contributed by atoms with Crippen LogP contribution < -0.4 is 5.32 Å². The van der Waals surface area contributed by atoms with Crippen molar-refractivity contribution in [1.82, 2.24) is 10.2 Å². The highest BCUT2D eigenvalue weighted by Gasteiger charge is 2.29. The maximum Gasteiger partial charge on any atom is 0.239 e. The molecule has 1 N–H and O–H groups in total. The van der Waals surface area contributed by atoms with Crippen molar-refractivity contribution in [3.05, 3.63) is 35.6 Å². The topological polar surface area (TPSA) is 32.3 Å². The van der Waals surface area contributed by atoms with Crippen molar-refractivity contribution in [2.24, 2.45) is 5.92 Å². The summed E-state index contributed by atoms with van der Waals surface area (Å²) < 4.78 is 13.7. The van der Waals surface area contributed by atoms with Gasteiger partial charge in [0, 0.05) is 13.1 Å². The molecular weight excluding hydrogens is 303 g/mol. The van der Waals surface area contributed by atoms with Crippen LogP contribution in [0.25, 0.3) is 0 Å². The minimum absolute atomic E-state index is 0. The van der Waals surface area contributed by atoms with Gasteiger partial charge in [0.25, 0.3) is 0 Å². The van der Waals surface area contributed by atoms with E-state index in [2.05, 4.69) is 5.32 Å².